The molecule has 0 amide bonds. The topological polar surface area (TPSA) is 26.3 Å². The zero-order valence-electron chi connectivity index (χ0n) is 10.3. The molecule has 1 aliphatic heterocycles. The van der Waals surface area contributed by atoms with Gasteiger partial charge < -0.3 is 6.16 Å². The second-order valence-corrected chi connectivity index (χ2v) is 3.62. The van der Waals surface area contributed by atoms with Gasteiger partial charge in [-0.05, 0) is 18.9 Å². The molecule has 1 aliphatic rings. The van der Waals surface area contributed by atoms with E-state index in [0.29, 0.717) is 0 Å². The van der Waals surface area contributed by atoms with Crippen molar-refractivity contribution in [2.24, 2.45) is 0 Å². The van der Waals surface area contributed by atoms with E-state index >= 15 is 0 Å². The van der Waals surface area contributed by atoms with Crippen LogP contribution in [0.15, 0.2) is 24.3 Å². The molecule has 0 N–H and O–H groups in total. The molecule has 0 radical (unpaired) electrons. The number of ether oxygens (including phenoxy) is 1. The first-order valence-electron chi connectivity index (χ1n) is 5.13. The fourth-order valence-electron chi connectivity index (χ4n) is 1.82. The van der Waals surface area contributed by atoms with Gasteiger partial charge in [0.15, 0.2) is 0 Å². The first-order valence-corrected chi connectivity index (χ1v) is 5.13. The smallest absolute Gasteiger partial charge is 1.00 e. The van der Waals surface area contributed by atoms with Crippen LogP contribution >= 0.6 is 0 Å². The molecule has 0 spiro atoms. The summed E-state index contributed by atoms with van der Waals surface area (Å²) < 4.78 is 5.29. The Morgan fingerprint density at radius 3 is 2.87 bits per heavy atom. The second-order valence-electron chi connectivity index (χ2n) is 3.62. The number of cyclic esters (lactones) is 1. The van der Waals surface area contributed by atoms with Gasteiger partial charge >= 0.3 is 57.4 Å². The van der Waals surface area contributed by atoms with Gasteiger partial charge in [0.25, 0.3) is 0 Å². The van der Waals surface area contributed by atoms with E-state index in [1.54, 1.807) is 0 Å². The molecule has 1 aromatic rings. The van der Waals surface area contributed by atoms with Gasteiger partial charge in [0.1, 0.15) is 6.10 Å². The molecule has 0 saturated carbocycles. The van der Waals surface area contributed by atoms with Crippen molar-refractivity contribution in [3.63, 3.8) is 0 Å². The molecule has 0 fully saturated rings. The summed E-state index contributed by atoms with van der Waals surface area (Å²) in [6, 6.07) is 7.66. The van der Waals surface area contributed by atoms with Crippen LogP contribution in [0.4, 0.5) is 0 Å². The summed E-state index contributed by atoms with van der Waals surface area (Å²) in [7, 11) is 0. The number of benzene rings is 1. The molecule has 15 heavy (non-hydrogen) atoms. The van der Waals surface area contributed by atoms with Crippen LogP contribution in [0.2, 0.25) is 0 Å². The summed E-state index contributed by atoms with van der Waals surface area (Å²) in [5.74, 6) is -0.165. The van der Waals surface area contributed by atoms with E-state index in [2.05, 4.69) is 6.92 Å². The molecule has 0 saturated heterocycles. The number of hydrogen-bond acceptors (Lipinski definition) is 2. The Kier molecular flexibility index (Phi) is 5.50. The third kappa shape index (κ3) is 2.92. The zero-order valence-corrected chi connectivity index (χ0v) is 12.4. The molecular weight excluding hydrogens is 215 g/mol. The quantitative estimate of drug-likeness (QED) is 0.548. The van der Waals surface area contributed by atoms with Gasteiger partial charge in [-0.1, -0.05) is 31.5 Å². The predicted octanol–water partition coefficient (Wildman–Crippen LogP) is 0.205. The van der Waals surface area contributed by atoms with Gasteiger partial charge in [-0.15, -0.1) is 0 Å². The van der Waals surface area contributed by atoms with Crippen molar-refractivity contribution >= 4 is 5.97 Å². The van der Waals surface area contributed by atoms with Gasteiger partial charge in [-0.25, -0.2) is 4.79 Å². The van der Waals surface area contributed by atoms with Crippen molar-refractivity contribution < 1.29 is 62.3 Å². The van der Waals surface area contributed by atoms with E-state index in [9.17, 15) is 4.79 Å². The van der Waals surface area contributed by atoms with Gasteiger partial charge in [-0.3, -0.25) is 0 Å². The van der Waals surface area contributed by atoms with Crippen LogP contribution in [-0.4, -0.2) is 5.97 Å². The number of hydrogen-bond donors (Lipinski definition) is 0. The Bertz CT molecular complexity index is 355. The summed E-state index contributed by atoms with van der Waals surface area (Å²) >= 11 is 0. The van der Waals surface area contributed by atoms with Crippen LogP contribution < -0.4 is 51.4 Å². The molecule has 3 heteroatoms. The maximum Gasteiger partial charge on any atom is 1.00 e. The van der Waals surface area contributed by atoms with Crippen LogP contribution in [0.25, 0.3) is 0 Å². The third-order valence-corrected chi connectivity index (χ3v) is 2.60. The summed E-state index contributed by atoms with van der Waals surface area (Å²) in [5, 5.41) is 0. The number of unbranched alkanes of at least 4 members (excludes halogenated alkanes) is 1. The molecule has 0 bridgehead atoms. The minimum Gasteiger partial charge on any atom is -1.00 e. The molecule has 0 aromatic heterocycles. The Hall–Kier alpha value is 0.326. The van der Waals surface area contributed by atoms with Crippen molar-refractivity contribution in [1.29, 1.82) is 0 Å². The summed E-state index contributed by atoms with van der Waals surface area (Å²) in [5.41, 5.74) is 1.81. The number of esters is 1. The molecule has 2 nitrogen and oxygen atoms in total. The Morgan fingerprint density at radius 2 is 2.13 bits per heavy atom. The Morgan fingerprint density at radius 1 is 1.40 bits per heavy atom. The molecule has 1 atom stereocenters. The van der Waals surface area contributed by atoms with Crippen molar-refractivity contribution in [2.45, 2.75) is 32.3 Å². The van der Waals surface area contributed by atoms with Gasteiger partial charge in [0.05, 0.1) is 5.56 Å². The molecule has 1 unspecified atom stereocenters. The van der Waals surface area contributed by atoms with E-state index in [1.165, 1.54) is 0 Å². The Labute approximate surface area is 134 Å². The normalized spacial score (nSPS) is 17.9. The summed E-state index contributed by atoms with van der Waals surface area (Å²) in [4.78, 5) is 11.4. The largest absolute Gasteiger partial charge is 1.00 e. The van der Waals surface area contributed by atoms with E-state index in [1.807, 2.05) is 24.3 Å². The number of fused-ring (bicyclic) bond motifs is 1. The Balaban J connectivity index is 0.00000112. The van der Waals surface area contributed by atoms with Gasteiger partial charge in [0, 0.05) is 5.56 Å². The van der Waals surface area contributed by atoms with E-state index in [-0.39, 0.29) is 64.9 Å². The average molecular weight is 230 g/mol. The predicted molar refractivity (Wildman–Crippen MR) is 55.2 cm³/mol. The first-order chi connectivity index (χ1) is 6.83. The van der Waals surface area contributed by atoms with Gasteiger partial charge in [0.2, 0.25) is 0 Å². The maximum absolute atomic E-state index is 11.4. The van der Waals surface area contributed by atoms with Crippen LogP contribution in [0.3, 0.4) is 0 Å². The van der Waals surface area contributed by atoms with Crippen LogP contribution in [0.5, 0.6) is 0 Å². The van der Waals surface area contributed by atoms with Crippen molar-refractivity contribution in [3.05, 3.63) is 35.4 Å². The average Bonchev–Trinajstić information content (AvgIpc) is 2.54. The minimum absolute atomic E-state index is 0. The van der Waals surface area contributed by atoms with Crippen molar-refractivity contribution in [3.8, 4) is 0 Å². The monoisotopic (exact) mass is 230 g/mol. The summed E-state index contributed by atoms with van der Waals surface area (Å²) in [6.45, 7) is 2.14. The molecule has 1 heterocycles. The summed E-state index contributed by atoms with van der Waals surface area (Å²) in [6.07, 6.45) is 3.18. The van der Waals surface area contributed by atoms with Crippen LogP contribution in [0.1, 0.15) is 49.6 Å². The zero-order chi connectivity index (χ0) is 9.97. The minimum atomic E-state index is -0.165. The third-order valence-electron chi connectivity index (χ3n) is 2.60. The first kappa shape index (κ1) is 13.4. The molecule has 1 aromatic carbocycles. The molecule has 2 rings (SSSR count). The fourth-order valence-corrected chi connectivity index (χ4v) is 1.82. The number of rotatable bonds is 3. The number of carbonyl (C=O) groups excluding carboxylic acids is 1. The van der Waals surface area contributed by atoms with Crippen molar-refractivity contribution in [1.82, 2.24) is 0 Å². The maximum atomic E-state index is 11.4. The van der Waals surface area contributed by atoms with Crippen LogP contribution in [-0.2, 0) is 4.74 Å². The number of carbonyl (C=O) groups is 1. The second kappa shape index (κ2) is 6.16. The molecule has 0 aliphatic carbocycles. The van der Waals surface area contributed by atoms with Crippen molar-refractivity contribution in [2.75, 3.05) is 0 Å². The van der Waals surface area contributed by atoms with E-state index in [4.69, 9.17) is 4.74 Å². The standard InChI is InChI=1S/C12H14O2.K.H/c1-2-3-8-11-9-6-4-5-7-10(9)12(13)14-11;;/h4-7,11H,2-3,8H2,1H3;;/q;+1;-1. The fraction of sp³-hybridized carbons (Fsp3) is 0.417. The molecule has 76 valence electrons. The van der Waals surface area contributed by atoms with Crippen LogP contribution in [0, 0.1) is 0 Å². The van der Waals surface area contributed by atoms with E-state index < -0.39 is 0 Å². The van der Waals surface area contributed by atoms with Gasteiger partial charge in [-0.2, -0.15) is 0 Å². The molecular formula is C12H15KO2. The SMILES string of the molecule is CCCCC1OC(=O)c2ccccc21.[H-].[K+]. The van der Waals surface area contributed by atoms with E-state index in [0.717, 1.165) is 30.4 Å².